The number of carbonyl (C=O) groups excluding carboxylic acids is 4. The van der Waals surface area contributed by atoms with Crippen LogP contribution in [0.15, 0.2) is 0 Å². The number of carboxylic acids is 1. The summed E-state index contributed by atoms with van der Waals surface area (Å²) in [5, 5.41) is 25.2. The second kappa shape index (κ2) is 14.3. The van der Waals surface area contributed by atoms with Crippen LogP contribution in [-0.2, 0) is 24.0 Å². The van der Waals surface area contributed by atoms with Gasteiger partial charge in [0, 0.05) is 6.42 Å². The lowest BCUT2D eigenvalue weighted by Crippen LogP contribution is -2.57. The highest BCUT2D eigenvalue weighted by molar-refractivity contribution is 5.94. The number of aliphatic hydroxyl groups excluding tert-OH is 1. The number of aliphatic hydroxyl groups is 1. The third-order valence-electron chi connectivity index (χ3n) is 4.17. The van der Waals surface area contributed by atoms with Gasteiger partial charge in [0.2, 0.25) is 23.6 Å². The van der Waals surface area contributed by atoms with Crippen molar-refractivity contribution in [2.45, 2.75) is 63.2 Å². The molecule has 13 heteroatoms. The molecule has 4 atom stereocenters. The van der Waals surface area contributed by atoms with Crippen LogP contribution in [0.2, 0.25) is 0 Å². The van der Waals surface area contributed by atoms with Crippen LogP contribution in [0.5, 0.6) is 0 Å². The molecule has 0 spiro atoms. The van der Waals surface area contributed by atoms with Crippen LogP contribution in [0.25, 0.3) is 0 Å². The standard InChI is InChI=1S/C17H32N6O7/c1-9(21-15(27)10(19)4-2-3-7-18)14(26)23-12(8-24)16(28)22-11(17(29)30)5-6-13(20)25/h9-12,24H,2-8,18-19H2,1H3,(H2,20,25)(H,21,27)(H,22,28)(H,23,26)(H,29,30). The van der Waals surface area contributed by atoms with E-state index in [9.17, 15) is 29.1 Å². The van der Waals surface area contributed by atoms with Crippen molar-refractivity contribution in [3.63, 3.8) is 0 Å². The maximum atomic E-state index is 12.2. The number of nitrogens with one attached hydrogen (secondary N) is 3. The summed E-state index contributed by atoms with van der Waals surface area (Å²) in [6.45, 7) is 1.01. The van der Waals surface area contributed by atoms with Gasteiger partial charge in [0.25, 0.3) is 0 Å². The third kappa shape index (κ3) is 10.7. The Morgan fingerprint density at radius 2 is 1.50 bits per heavy atom. The molecule has 0 bridgehead atoms. The first-order chi connectivity index (χ1) is 14.0. The van der Waals surface area contributed by atoms with Gasteiger partial charge in [0.1, 0.15) is 18.1 Å². The summed E-state index contributed by atoms with van der Waals surface area (Å²) in [6.07, 6.45) is 1.22. The predicted molar refractivity (Wildman–Crippen MR) is 105 cm³/mol. The van der Waals surface area contributed by atoms with E-state index < -0.39 is 60.4 Å². The molecule has 0 aromatic carbocycles. The molecule has 0 aromatic heterocycles. The van der Waals surface area contributed by atoms with E-state index >= 15 is 0 Å². The van der Waals surface area contributed by atoms with Gasteiger partial charge in [-0.3, -0.25) is 19.2 Å². The monoisotopic (exact) mass is 432 g/mol. The minimum atomic E-state index is -1.47. The summed E-state index contributed by atoms with van der Waals surface area (Å²) in [5.41, 5.74) is 16.1. The number of nitrogens with two attached hydrogens (primary N) is 3. The van der Waals surface area contributed by atoms with Crippen molar-refractivity contribution >= 4 is 29.6 Å². The fourth-order valence-electron chi connectivity index (χ4n) is 2.33. The first-order valence-corrected chi connectivity index (χ1v) is 9.52. The van der Waals surface area contributed by atoms with Gasteiger partial charge in [-0.1, -0.05) is 6.42 Å². The molecule has 30 heavy (non-hydrogen) atoms. The van der Waals surface area contributed by atoms with Crippen molar-refractivity contribution in [1.29, 1.82) is 0 Å². The number of amides is 4. The predicted octanol–water partition coefficient (Wildman–Crippen LogP) is -3.74. The molecule has 11 N–H and O–H groups in total. The zero-order valence-corrected chi connectivity index (χ0v) is 16.9. The maximum absolute atomic E-state index is 12.2. The Balaban J connectivity index is 4.75. The molecule has 0 aliphatic heterocycles. The lowest BCUT2D eigenvalue weighted by atomic mass is 10.1. The number of carboxylic acid groups (broad SMARTS) is 1. The minimum Gasteiger partial charge on any atom is -0.480 e. The van der Waals surface area contributed by atoms with Crippen LogP contribution in [0.1, 0.15) is 39.0 Å². The molecule has 0 radical (unpaired) electrons. The largest absolute Gasteiger partial charge is 0.480 e. The van der Waals surface area contributed by atoms with Crippen LogP contribution >= 0.6 is 0 Å². The average molecular weight is 432 g/mol. The molecule has 0 saturated heterocycles. The number of hydrogen-bond donors (Lipinski definition) is 8. The average Bonchev–Trinajstić information content (AvgIpc) is 2.68. The zero-order chi connectivity index (χ0) is 23.3. The topological polar surface area (TPSA) is 240 Å². The normalized spacial score (nSPS) is 14.7. The third-order valence-corrected chi connectivity index (χ3v) is 4.17. The van der Waals surface area contributed by atoms with Crippen molar-refractivity contribution in [2.24, 2.45) is 17.2 Å². The minimum absolute atomic E-state index is 0.253. The van der Waals surface area contributed by atoms with E-state index in [1.807, 2.05) is 0 Å². The molecule has 0 heterocycles. The summed E-state index contributed by atoms with van der Waals surface area (Å²) < 4.78 is 0. The van der Waals surface area contributed by atoms with Gasteiger partial charge in [0.15, 0.2) is 0 Å². The molecule has 0 aliphatic carbocycles. The van der Waals surface area contributed by atoms with Crippen molar-refractivity contribution in [2.75, 3.05) is 13.2 Å². The Labute approximate surface area is 174 Å². The van der Waals surface area contributed by atoms with Gasteiger partial charge in [-0.15, -0.1) is 0 Å². The van der Waals surface area contributed by atoms with Crippen molar-refractivity contribution < 1.29 is 34.2 Å². The molecular formula is C17H32N6O7. The number of hydrogen-bond acceptors (Lipinski definition) is 8. The van der Waals surface area contributed by atoms with E-state index in [4.69, 9.17) is 22.3 Å². The van der Waals surface area contributed by atoms with E-state index in [1.54, 1.807) is 0 Å². The van der Waals surface area contributed by atoms with Crippen molar-refractivity contribution in [1.82, 2.24) is 16.0 Å². The number of unbranched alkanes of at least 4 members (excludes halogenated alkanes) is 1. The van der Waals surface area contributed by atoms with Crippen LogP contribution in [0.3, 0.4) is 0 Å². The highest BCUT2D eigenvalue weighted by atomic mass is 16.4. The Morgan fingerprint density at radius 3 is 2.00 bits per heavy atom. The van der Waals surface area contributed by atoms with Crippen LogP contribution in [-0.4, -0.2) is 77.1 Å². The van der Waals surface area contributed by atoms with E-state index in [0.717, 1.165) is 0 Å². The van der Waals surface area contributed by atoms with Gasteiger partial charge in [0.05, 0.1) is 12.6 Å². The molecule has 172 valence electrons. The number of primary amides is 1. The summed E-state index contributed by atoms with van der Waals surface area (Å²) in [7, 11) is 0. The Kier molecular flexibility index (Phi) is 12.9. The summed E-state index contributed by atoms with van der Waals surface area (Å²) in [6, 6.07) is -4.79. The fraction of sp³-hybridized carbons (Fsp3) is 0.706. The lowest BCUT2D eigenvalue weighted by molar-refractivity contribution is -0.143. The molecule has 4 unspecified atom stereocenters. The van der Waals surface area contributed by atoms with Gasteiger partial charge in [-0.25, -0.2) is 4.79 Å². The van der Waals surface area contributed by atoms with Gasteiger partial charge in [-0.2, -0.15) is 0 Å². The Bertz CT molecular complexity index is 615. The smallest absolute Gasteiger partial charge is 0.326 e. The van der Waals surface area contributed by atoms with Crippen LogP contribution in [0.4, 0.5) is 0 Å². The summed E-state index contributed by atoms with van der Waals surface area (Å²) >= 11 is 0. The summed E-state index contributed by atoms with van der Waals surface area (Å²) in [4.78, 5) is 58.4. The van der Waals surface area contributed by atoms with E-state index in [2.05, 4.69) is 16.0 Å². The van der Waals surface area contributed by atoms with Gasteiger partial charge < -0.3 is 43.4 Å². The van der Waals surface area contributed by atoms with Crippen LogP contribution in [0, 0.1) is 0 Å². The van der Waals surface area contributed by atoms with E-state index in [1.165, 1.54) is 6.92 Å². The van der Waals surface area contributed by atoms with Crippen LogP contribution < -0.4 is 33.2 Å². The zero-order valence-electron chi connectivity index (χ0n) is 16.9. The first kappa shape index (κ1) is 27.2. The van der Waals surface area contributed by atoms with Crippen molar-refractivity contribution in [3.05, 3.63) is 0 Å². The molecule has 0 saturated carbocycles. The molecule has 13 nitrogen and oxygen atoms in total. The molecule has 0 fully saturated rings. The quantitative estimate of drug-likeness (QED) is 0.118. The maximum Gasteiger partial charge on any atom is 0.326 e. The number of aliphatic carboxylic acids is 1. The van der Waals surface area contributed by atoms with Crippen molar-refractivity contribution in [3.8, 4) is 0 Å². The highest BCUT2D eigenvalue weighted by Gasteiger charge is 2.28. The summed E-state index contributed by atoms with van der Waals surface area (Å²) in [5.74, 6) is -4.46. The Morgan fingerprint density at radius 1 is 0.900 bits per heavy atom. The molecule has 0 aromatic rings. The molecular weight excluding hydrogens is 400 g/mol. The molecule has 0 rings (SSSR count). The van der Waals surface area contributed by atoms with E-state index in [-0.39, 0.29) is 12.8 Å². The lowest BCUT2D eigenvalue weighted by Gasteiger charge is -2.22. The first-order valence-electron chi connectivity index (χ1n) is 9.52. The highest BCUT2D eigenvalue weighted by Crippen LogP contribution is 2.00. The van der Waals surface area contributed by atoms with Gasteiger partial charge >= 0.3 is 5.97 Å². The Hall–Kier alpha value is -2.77. The van der Waals surface area contributed by atoms with Gasteiger partial charge in [-0.05, 0) is 32.7 Å². The fourth-order valence-corrected chi connectivity index (χ4v) is 2.33. The SMILES string of the molecule is CC(NC(=O)C(N)CCCCN)C(=O)NC(CO)C(=O)NC(CCC(N)=O)C(=O)O. The second-order valence-corrected chi connectivity index (χ2v) is 6.77. The molecule has 4 amide bonds. The number of rotatable bonds is 15. The second-order valence-electron chi connectivity index (χ2n) is 6.77. The van der Waals surface area contributed by atoms with E-state index in [0.29, 0.717) is 25.8 Å². The molecule has 0 aliphatic rings. The number of carbonyl (C=O) groups is 5.